The van der Waals surface area contributed by atoms with E-state index in [1.165, 1.54) is 12.1 Å². The summed E-state index contributed by atoms with van der Waals surface area (Å²) in [6, 6.07) is 16.1. The molecule has 0 fully saturated rings. The first-order valence-electron chi connectivity index (χ1n) is 5.78. The monoisotopic (exact) mass is 240 g/mol. The molecule has 3 heteroatoms. The third kappa shape index (κ3) is 2.33. The smallest absolute Gasteiger partial charge is 0.124 e. The lowest BCUT2D eigenvalue weighted by Gasteiger charge is -2.24. The highest BCUT2D eigenvalue weighted by molar-refractivity contribution is 5.69. The van der Waals surface area contributed by atoms with Crippen LogP contribution in [0.1, 0.15) is 12.5 Å². The van der Waals surface area contributed by atoms with Gasteiger partial charge in [0.15, 0.2) is 0 Å². The third-order valence-corrected chi connectivity index (χ3v) is 2.75. The number of nitrogens with zero attached hydrogens (tertiary/aromatic N) is 2. The first-order valence-corrected chi connectivity index (χ1v) is 5.78. The lowest BCUT2D eigenvalue weighted by Crippen LogP contribution is -2.17. The molecule has 0 aliphatic carbocycles. The maximum atomic E-state index is 13.1. The quantitative estimate of drug-likeness (QED) is 0.814. The van der Waals surface area contributed by atoms with E-state index in [0.29, 0.717) is 12.1 Å². The summed E-state index contributed by atoms with van der Waals surface area (Å²) in [5, 5.41) is 9.09. The van der Waals surface area contributed by atoms with Crippen molar-refractivity contribution in [2.45, 2.75) is 6.92 Å². The highest BCUT2D eigenvalue weighted by atomic mass is 19.1. The Bertz CT molecular complexity index is 573. The summed E-state index contributed by atoms with van der Waals surface area (Å²) in [6.45, 7) is 2.71. The number of nitriles is 1. The highest BCUT2D eigenvalue weighted by Gasteiger charge is 2.12. The van der Waals surface area contributed by atoms with Gasteiger partial charge < -0.3 is 4.90 Å². The van der Waals surface area contributed by atoms with Crippen LogP contribution in [0.4, 0.5) is 15.8 Å². The molecule has 2 rings (SSSR count). The van der Waals surface area contributed by atoms with Crippen molar-refractivity contribution in [3.8, 4) is 6.07 Å². The topological polar surface area (TPSA) is 27.0 Å². The van der Waals surface area contributed by atoms with Crippen LogP contribution in [0, 0.1) is 17.1 Å². The predicted molar refractivity (Wildman–Crippen MR) is 70.2 cm³/mol. The van der Waals surface area contributed by atoms with Crippen LogP contribution in [-0.4, -0.2) is 6.54 Å². The molecule has 18 heavy (non-hydrogen) atoms. The molecule has 2 aromatic carbocycles. The number of rotatable bonds is 3. The molecule has 0 aromatic heterocycles. The summed E-state index contributed by atoms with van der Waals surface area (Å²) in [4.78, 5) is 1.98. The molecule has 0 aliphatic rings. The molecule has 90 valence electrons. The van der Waals surface area contributed by atoms with Gasteiger partial charge in [0.05, 0.1) is 11.3 Å². The second-order valence-corrected chi connectivity index (χ2v) is 3.85. The molecule has 0 amide bonds. The van der Waals surface area contributed by atoms with E-state index in [-0.39, 0.29) is 5.82 Å². The zero-order valence-electron chi connectivity index (χ0n) is 10.1. The summed E-state index contributed by atoms with van der Waals surface area (Å²) >= 11 is 0. The molecule has 0 spiro atoms. The Morgan fingerprint density at radius 2 is 1.89 bits per heavy atom. The van der Waals surface area contributed by atoms with Gasteiger partial charge in [-0.1, -0.05) is 18.2 Å². The Hall–Kier alpha value is -2.34. The van der Waals surface area contributed by atoms with Crippen molar-refractivity contribution in [1.82, 2.24) is 0 Å². The largest absolute Gasteiger partial charge is 0.341 e. The van der Waals surface area contributed by atoms with E-state index < -0.39 is 0 Å². The van der Waals surface area contributed by atoms with Gasteiger partial charge in [0, 0.05) is 12.2 Å². The molecule has 2 nitrogen and oxygen atoms in total. The van der Waals surface area contributed by atoms with Crippen molar-refractivity contribution in [3.05, 3.63) is 59.9 Å². The molecular weight excluding hydrogens is 227 g/mol. The highest BCUT2D eigenvalue weighted by Crippen LogP contribution is 2.28. The lowest BCUT2D eigenvalue weighted by molar-refractivity contribution is 0.627. The minimum atomic E-state index is -0.389. The summed E-state index contributed by atoms with van der Waals surface area (Å²) in [6.07, 6.45) is 0. The van der Waals surface area contributed by atoms with Gasteiger partial charge in [0.25, 0.3) is 0 Å². The van der Waals surface area contributed by atoms with Crippen LogP contribution in [0.15, 0.2) is 48.5 Å². The van der Waals surface area contributed by atoms with Crippen LogP contribution in [0.3, 0.4) is 0 Å². The molecule has 0 saturated carbocycles. The van der Waals surface area contributed by atoms with Crippen molar-refractivity contribution in [3.63, 3.8) is 0 Å². The number of halogens is 1. The van der Waals surface area contributed by atoms with E-state index in [1.807, 2.05) is 48.2 Å². The summed E-state index contributed by atoms with van der Waals surface area (Å²) in [5.41, 5.74) is 2.07. The van der Waals surface area contributed by atoms with Crippen LogP contribution >= 0.6 is 0 Å². The molecule has 0 unspecified atom stereocenters. The van der Waals surface area contributed by atoms with Crippen LogP contribution in [0.5, 0.6) is 0 Å². The van der Waals surface area contributed by atoms with Crippen LogP contribution in [0.25, 0.3) is 0 Å². The van der Waals surface area contributed by atoms with Gasteiger partial charge in [0.2, 0.25) is 0 Å². The fraction of sp³-hybridized carbons (Fsp3) is 0.133. The van der Waals surface area contributed by atoms with Crippen molar-refractivity contribution in [1.29, 1.82) is 5.26 Å². The minimum absolute atomic E-state index is 0.348. The van der Waals surface area contributed by atoms with Gasteiger partial charge in [-0.05, 0) is 37.3 Å². The van der Waals surface area contributed by atoms with Gasteiger partial charge in [-0.2, -0.15) is 5.26 Å². The SMILES string of the molecule is CCN(c1ccccc1)c1ccc(F)cc1C#N. The molecule has 0 heterocycles. The zero-order chi connectivity index (χ0) is 13.0. The molecule has 0 N–H and O–H groups in total. The molecule has 2 aromatic rings. The normalized spacial score (nSPS) is 9.83. The standard InChI is InChI=1S/C15H13FN2/c1-2-18(14-6-4-3-5-7-14)15-9-8-13(16)10-12(15)11-17/h3-10H,2H2,1H3. The van der Waals surface area contributed by atoms with Crippen molar-refractivity contribution in [2.24, 2.45) is 0 Å². The van der Waals surface area contributed by atoms with Crippen molar-refractivity contribution in [2.75, 3.05) is 11.4 Å². The first kappa shape index (κ1) is 12.1. The molecule has 0 atom stereocenters. The Morgan fingerprint density at radius 1 is 1.17 bits per heavy atom. The van der Waals surface area contributed by atoms with Gasteiger partial charge in [-0.25, -0.2) is 4.39 Å². The maximum absolute atomic E-state index is 13.1. The lowest BCUT2D eigenvalue weighted by atomic mass is 10.1. The fourth-order valence-corrected chi connectivity index (χ4v) is 1.93. The van der Waals surface area contributed by atoms with Gasteiger partial charge in [-0.15, -0.1) is 0 Å². The van der Waals surface area contributed by atoms with E-state index in [1.54, 1.807) is 6.07 Å². The second kappa shape index (κ2) is 5.33. The maximum Gasteiger partial charge on any atom is 0.124 e. The molecule has 0 aliphatic heterocycles. The first-order chi connectivity index (χ1) is 8.76. The molecule has 0 radical (unpaired) electrons. The fourth-order valence-electron chi connectivity index (χ4n) is 1.93. The number of hydrogen-bond donors (Lipinski definition) is 0. The number of benzene rings is 2. The Morgan fingerprint density at radius 3 is 2.50 bits per heavy atom. The van der Waals surface area contributed by atoms with Crippen molar-refractivity contribution >= 4 is 11.4 Å². The second-order valence-electron chi connectivity index (χ2n) is 3.85. The van der Waals surface area contributed by atoms with Crippen LogP contribution in [-0.2, 0) is 0 Å². The Labute approximate surface area is 106 Å². The molecular formula is C15H13FN2. The number of hydrogen-bond acceptors (Lipinski definition) is 2. The third-order valence-electron chi connectivity index (χ3n) is 2.75. The number of anilines is 2. The molecule has 0 bridgehead atoms. The Kier molecular flexibility index (Phi) is 3.59. The summed E-state index contributed by atoms with van der Waals surface area (Å²) < 4.78 is 13.1. The van der Waals surface area contributed by atoms with Crippen LogP contribution < -0.4 is 4.90 Å². The minimum Gasteiger partial charge on any atom is -0.341 e. The Balaban J connectivity index is 2.49. The van der Waals surface area contributed by atoms with E-state index in [2.05, 4.69) is 0 Å². The van der Waals surface area contributed by atoms with Gasteiger partial charge >= 0.3 is 0 Å². The van der Waals surface area contributed by atoms with E-state index in [9.17, 15) is 4.39 Å². The van der Waals surface area contributed by atoms with E-state index in [4.69, 9.17) is 5.26 Å². The van der Waals surface area contributed by atoms with Gasteiger partial charge in [0.1, 0.15) is 11.9 Å². The van der Waals surface area contributed by atoms with E-state index >= 15 is 0 Å². The predicted octanol–water partition coefficient (Wildman–Crippen LogP) is 3.86. The van der Waals surface area contributed by atoms with Gasteiger partial charge in [-0.3, -0.25) is 0 Å². The average molecular weight is 240 g/mol. The summed E-state index contributed by atoms with van der Waals surface area (Å²) in [5.74, 6) is -0.389. The zero-order valence-corrected chi connectivity index (χ0v) is 10.1. The average Bonchev–Trinajstić information content (AvgIpc) is 2.42. The molecule has 0 saturated heterocycles. The summed E-state index contributed by atoms with van der Waals surface area (Å²) in [7, 11) is 0. The van der Waals surface area contributed by atoms with Crippen LogP contribution in [0.2, 0.25) is 0 Å². The number of para-hydroxylation sites is 1. The van der Waals surface area contributed by atoms with Crippen molar-refractivity contribution < 1.29 is 4.39 Å². The van der Waals surface area contributed by atoms with E-state index in [0.717, 1.165) is 11.4 Å².